The van der Waals surface area contributed by atoms with Crippen molar-refractivity contribution in [3.8, 4) is 0 Å². The summed E-state index contributed by atoms with van der Waals surface area (Å²) in [6, 6.07) is 2.77. The Labute approximate surface area is 86.6 Å². The lowest BCUT2D eigenvalue weighted by Crippen LogP contribution is -2.08. The average molecular weight is 217 g/mol. The summed E-state index contributed by atoms with van der Waals surface area (Å²) in [5.41, 5.74) is 0.472. The van der Waals surface area contributed by atoms with Crippen molar-refractivity contribution in [2.45, 2.75) is 13.8 Å². The molecular formula is C10H10ClFO2. The van der Waals surface area contributed by atoms with Gasteiger partial charge in [0.2, 0.25) is 0 Å². The van der Waals surface area contributed by atoms with E-state index in [0.717, 1.165) is 0 Å². The van der Waals surface area contributed by atoms with Gasteiger partial charge < -0.3 is 4.74 Å². The lowest BCUT2D eigenvalue weighted by atomic mass is 10.1. The molecule has 0 spiro atoms. The lowest BCUT2D eigenvalue weighted by Gasteiger charge is -2.06. The van der Waals surface area contributed by atoms with Gasteiger partial charge >= 0.3 is 5.97 Å². The Morgan fingerprint density at radius 2 is 2.21 bits per heavy atom. The first-order valence-electron chi connectivity index (χ1n) is 4.19. The van der Waals surface area contributed by atoms with Crippen molar-refractivity contribution >= 4 is 17.6 Å². The molecule has 1 aromatic carbocycles. The predicted molar refractivity (Wildman–Crippen MR) is 52.1 cm³/mol. The molecule has 0 saturated heterocycles. The SMILES string of the molecule is CCOC(=O)c1c(F)cc(C)cc1Cl. The number of hydrogen-bond acceptors (Lipinski definition) is 2. The van der Waals surface area contributed by atoms with Crippen molar-refractivity contribution in [2.24, 2.45) is 0 Å². The fourth-order valence-corrected chi connectivity index (χ4v) is 1.44. The molecule has 0 unspecified atom stereocenters. The Hall–Kier alpha value is -1.09. The molecular weight excluding hydrogens is 207 g/mol. The molecule has 1 aromatic rings. The second kappa shape index (κ2) is 4.42. The topological polar surface area (TPSA) is 26.3 Å². The summed E-state index contributed by atoms with van der Waals surface area (Å²) in [4.78, 5) is 11.3. The zero-order chi connectivity index (χ0) is 10.7. The fourth-order valence-electron chi connectivity index (χ4n) is 1.10. The first-order valence-corrected chi connectivity index (χ1v) is 4.56. The van der Waals surface area contributed by atoms with Crippen LogP contribution in [0.1, 0.15) is 22.8 Å². The first-order chi connectivity index (χ1) is 6.56. The standard InChI is InChI=1S/C10H10ClFO2/c1-3-14-10(13)9-7(11)4-6(2)5-8(9)12/h4-5H,3H2,1-2H3. The summed E-state index contributed by atoms with van der Waals surface area (Å²) in [5.74, 6) is -1.37. The summed E-state index contributed by atoms with van der Waals surface area (Å²) >= 11 is 5.72. The number of rotatable bonds is 2. The third-order valence-corrected chi connectivity index (χ3v) is 1.96. The zero-order valence-corrected chi connectivity index (χ0v) is 8.69. The number of ether oxygens (including phenoxy) is 1. The van der Waals surface area contributed by atoms with Gasteiger partial charge in [-0.25, -0.2) is 9.18 Å². The molecule has 0 aliphatic rings. The highest BCUT2D eigenvalue weighted by Gasteiger charge is 2.17. The molecule has 0 aliphatic heterocycles. The van der Waals surface area contributed by atoms with E-state index in [2.05, 4.69) is 4.74 Å². The third-order valence-electron chi connectivity index (χ3n) is 1.67. The van der Waals surface area contributed by atoms with E-state index in [1.54, 1.807) is 13.8 Å². The average Bonchev–Trinajstić information content (AvgIpc) is 2.01. The number of carbonyl (C=O) groups excluding carboxylic acids is 1. The highest BCUT2D eigenvalue weighted by molar-refractivity contribution is 6.33. The minimum absolute atomic E-state index is 0.0842. The number of esters is 1. The van der Waals surface area contributed by atoms with Crippen molar-refractivity contribution in [2.75, 3.05) is 6.61 Å². The second-order valence-electron chi connectivity index (χ2n) is 2.82. The van der Waals surface area contributed by atoms with Crippen molar-refractivity contribution in [3.05, 3.63) is 34.1 Å². The molecule has 0 saturated carbocycles. The van der Waals surface area contributed by atoms with Crippen molar-refractivity contribution in [3.63, 3.8) is 0 Å². The molecule has 14 heavy (non-hydrogen) atoms. The van der Waals surface area contributed by atoms with Gasteiger partial charge in [-0.05, 0) is 31.5 Å². The van der Waals surface area contributed by atoms with E-state index in [1.807, 2.05) is 0 Å². The van der Waals surface area contributed by atoms with Crippen molar-refractivity contribution in [1.82, 2.24) is 0 Å². The largest absolute Gasteiger partial charge is 0.462 e. The molecule has 76 valence electrons. The molecule has 0 aromatic heterocycles. The normalized spacial score (nSPS) is 10.0. The minimum atomic E-state index is -0.727. The maximum Gasteiger partial charge on any atom is 0.342 e. The molecule has 2 nitrogen and oxygen atoms in total. The van der Waals surface area contributed by atoms with E-state index < -0.39 is 11.8 Å². The van der Waals surface area contributed by atoms with Gasteiger partial charge in [0.15, 0.2) is 0 Å². The minimum Gasteiger partial charge on any atom is -0.462 e. The van der Waals surface area contributed by atoms with E-state index in [4.69, 9.17) is 11.6 Å². The van der Waals surface area contributed by atoms with Crippen LogP contribution in [0.25, 0.3) is 0 Å². The van der Waals surface area contributed by atoms with Crippen LogP contribution in [0, 0.1) is 12.7 Å². The quantitative estimate of drug-likeness (QED) is 0.711. The number of aryl methyl sites for hydroxylation is 1. The van der Waals surface area contributed by atoms with Gasteiger partial charge in [0, 0.05) is 0 Å². The monoisotopic (exact) mass is 216 g/mol. The van der Waals surface area contributed by atoms with Gasteiger partial charge in [0.05, 0.1) is 11.6 Å². The van der Waals surface area contributed by atoms with E-state index in [-0.39, 0.29) is 17.2 Å². The summed E-state index contributed by atoms with van der Waals surface area (Å²) in [7, 11) is 0. The summed E-state index contributed by atoms with van der Waals surface area (Å²) in [6.45, 7) is 3.55. The molecule has 0 bridgehead atoms. The van der Waals surface area contributed by atoms with Gasteiger partial charge in [-0.3, -0.25) is 0 Å². The molecule has 0 N–H and O–H groups in total. The number of hydrogen-bond donors (Lipinski definition) is 0. The Bertz CT molecular complexity index is 340. The van der Waals surface area contributed by atoms with Crippen LogP contribution in [-0.4, -0.2) is 12.6 Å². The van der Waals surface area contributed by atoms with Gasteiger partial charge in [-0.15, -0.1) is 0 Å². The van der Waals surface area contributed by atoms with Gasteiger partial charge in [-0.1, -0.05) is 11.6 Å². The molecule has 0 atom stereocenters. The third kappa shape index (κ3) is 2.23. The van der Waals surface area contributed by atoms with Crippen molar-refractivity contribution < 1.29 is 13.9 Å². The Morgan fingerprint density at radius 1 is 1.57 bits per heavy atom. The highest BCUT2D eigenvalue weighted by atomic mass is 35.5. The molecule has 0 heterocycles. The maximum atomic E-state index is 13.3. The molecule has 1 rings (SSSR count). The number of halogens is 2. The molecule has 0 aliphatic carbocycles. The van der Waals surface area contributed by atoms with Crippen LogP contribution in [0.15, 0.2) is 12.1 Å². The summed E-state index contributed by atoms with van der Waals surface area (Å²) < 4.78 is 18.0. The highest BCUT2D eigenvalue weighted by Crippen LogP contribution is 2.22. The Balaban J connectivity index is 3.14. The second-order valence-corrected chi connectivity index (χ2v) is 3.23. The van der Waals surface area contributed by atoms with Crippen LogP contribution in [-0.2, 0) is 4.74 Å². The van der Waals surface area contributed by atoms with E-state index >= 15 is 0 Å². The molecule has 0 fully saturated rings. The van der Waals surface area contributed by atoms with Crippen LogP contribution in [0.4, 0.5) is 4.39 Å². The lowest BCUT2D eigenvalue weighted by molar-refractivity contribution is 0.0521. The van der Waals surface area contributed by atoms with Gasteiger partial charge in [0.25, 0.3) is 0 Å². The van der Waals surface area contributed by atoms with Crippen LogP contribution in [0.3, 0.4) is 0 Å². The fraction of sp³-hybridized carbons (Fsp3) is 0.300. The van der Waals surface area contributed by atoms with Crippen LogP contribution in [0.2, 0.25) is 5.02 Å². The molecule has 4 heteroatoms. The van der Waals surface area contributed by atoms with Gasteiger partial charge in [-0.2, -0.15) is 0 Å². The van der Waals surface area contributed by atoms with Gasteiger partial charge in [0.1, 0.15) is 11.4 Å². The van der Waals surface area contributed by atoms with Crippen LogP contribution in [0.5, 0.6) is 0 Å². The van der Waals surface area contributed by atoms with E-state index in [0.29, 0.717) is 5.56 Å². The maximum absolute atomic E-state index is 13.3. The molecule has 0 radical (unpaired) electrons. The predicted octanol–water partition coefficient (Wildman–Crippen LogP) is 2.96. The summed E-state index contributed by atoms with van der Waals surface area (Å²) in [6.07, 6.45) is 0. The first kappa shape index (κ1) is 11.0. The van der Waals surface area contributed by atoms with Crippen molar-refractivity contribution in [1.29, 1.82) is 0 Å². The smallest absolute Gasteiger partial charge is 0.342 e. The zero-order valence-electron chi connectivity index (χ0n) is 7.93. The van der Waals surface area contributed by atoms with E-state index in [9.17, 15) is 9.18 Å². The van der Waals surface area contributed by atoms with Crippen LogP contribution >= 0.6 is 11.6 Å². The summed E-state index contributed by atoms with van der Waals surface area (Å²) in [5, 5.41) is 0.0842. The van der Waals surface area contributed by atoms with E-state index in [1.165, 1.54) is 12.1 Å². The Morgan fingerprint density at radius 3 is 2.71 bits per heavy atom. The molecule has 0 amide bonds. The number of carbonyl (C=O) groups is 1. The van der Waals surface area contributed by atoms with Crippen LogP contribution < -0.4 is 0 Å². The number of benzene rings is 1. The Kier molecular flexibility index (Phi) is 3.47.